The Bertz CT molecular complexity index is 896. The second-order valence-electron chi connectivity index (χ2n) is 6.40. The molecule has 2 aliphatic carbocycles. The minimum atomic E-state index is -3.65. The zero-order valence-corrected chi connectivity index (χ0v) is 17.9. The molecule has 0 heterocycles. The monoisotopic (exact) mass is 403 g/mol. The summed E-state index contributed by atoms with van der Waals surface area (Å²) >= 11 is 0. The van der Waals surface area contributed by atoms with Crippen LogP contribution in [0.2, 0.25) is 0 Å². The van der Waals surface area contributed by atoms with Gasteiger partial charge in [-0.25, -0.2) is 17.9 Å². The lowest BCUT2D eigenvalue weighted by molar-refractivity contribution is 0.598. The van der Waals surface area contributed by atoms with Crippen molar-refractivity contribution in [1.82, 2.24) is 0 Å². The SMILES string of the molecule is C/C=C/F.C=C(/C=C\C)C1=CC2(C=C1c1ccc(S(N)(=O)=O)cc1)CC2.CC. The van der Waals surface area contributed by atoms with Gasteiger partial charge in [0.2, 0.25) is 10.0 Å². The number of allylic oxidation sites excluding steroid dienone is 8. The van der Waals surface area contributed by atoms with Gasteiger partial charge in [-0.15, -0.1) is 0 Å². The van der Waals surface area contributed by atoms with E-state index in [9.17, 15) is 12.8 Å². The highest BCUT2D eigenvalue weighted by atomic mass is 32.2. The predicted molar refractivity (Wildman–Crippen MR) is 117 cm³/mol. The molecule has 0 unspecified atom stereocenters. The summed E-state index contributed by atoms with van der Waals surface area (Å²) in [6.07, 6.45) is 12.7. The highest BCUT2D eigenvalue weighted by Crippen LogP contribution is 2.56. The molecular weight excluding hydrogens is 373 g/mol. The molecule has 0 bridgehead atoms. The van der Waals surface area contributed by atoms with Crippen molar-refractivity contribution >= 4 is 15.6 Å². The molecule has 3 rings (SSSR count). The van der Waals surface area contributed by atoms with Crippen molar-refractivity contribution in [2.45, 2.75) is 45.4 Å². The standard InChI is InChI=1S/C18H19NO2S.C3H5F.C2H6/c1-3-4-13(2)16-11-18(9-10-18)12-17(16)14-5-7-15(8-6-14)22(19,20)21;1-2-3-4;1-2/h3-8,11-12H,2,9-10H2,1H3,(H2,19,20,21);2-3H,1H3;1-2H3/b4-3-;3-2+;. The number of nitrogens with two attached hydrogens (primary N) is 1. The highest BCUT2D eigenvalue weighted by Gasteiger charge is 2.43. The maximum atomic E-state index is 11.4. The Morgan fingerprint density at radius 3 is 2.04 bits per heavy atom. The molecule has 152 valence electrons. The van der Waals surface area contributed by atoms with Gasteiger partial charge in [-0.2, -0.15) is 0 Å². The zero-order chi connectivity index (χ0) is 21.4. The second kappa shape index (κ2) is 10.3. The summed E-state index contributed by atoms with van der Waals surface area (Å²) in [5, 5.41) is 5.15. The van der Waals surface area contributed by atoms with Gasteiger partial charge in [-0.05, 0) is 61.1 Å². The summed E-state index contributed by atoms with van der Waals surface area (Å²) in [5.41, 5.74) is 4.43. The molecule has 0 radical (unpaired) electrons. The maximum absolute atomic E-state index is 11.4. The van der Waals surface area contributed by atoms with E-state index in [4.69, 9.17) is 5.14 Å². The Morgan fingerprint density at radius 1 is 1.11 bits per heavy atom. The minimum Gasteiger partial charge on any atom is -0.225 e. The number of halogens is 1. The van der Waals surface area contributed by atoms with E-state index in [0.29, 0.717) is 6.33 Å². The average Bonchev–Trinajstić information content (AvgIpc) is 3.33. The van der Waals surface area contributed by atoms with Crippen molar-refractivity contribution in [1.29, 1.82) is 0 Å². The van der Waals surface area contributed by atoms with E-state index in [0.717, 1.165) is 22.3 Å². The third-order valence-corrected chi connectivity index (χ3v) is 5.24. The third kappa shape index (κ3) is 6.14. The molecule has 0 aromatic heterocycles. The lowest BCUT2D eigenvalue weighted by Crippen LogP contribution is -2.11. The smallest absolute Gasteiger partial charge is 0.225 e. The van der Waals surface area contributed by atoms with E-state index < -0.39 is 10.0 Å². The van der Waals surface area contributed by atoms with Crippen LogP contribution in [0.5, 0.6) is 0 Å². The topological polar surface area (TPSA) is 60.2 Å². The molecule has 0 amide bonds. The summed E-state index contributed by atoms with van der Waals surface area (Å²) in [7, 11) is -3.65. The number of primary sulfonamides is 1. The Morgan fingerprint density at radius 2 is 1.64 bits per heavy atom. The normalized spacial score (nSPS) is 16.8. The van der Waals surface area contributed by atoms with Gasteiger partial charge < -0.3 is 0 Å². The molecule has 1 spiro atoms. The number of hydrogen-bond donors (Lipinski definition) is 1. The van der Waals surface area contributed by atoms with E-state index in [1.165, 1.54) is 18.9 Å². The van der Waals surface area contributed by atoms with Gasteiger partial charge in [0.1, 0.15) is 0 Å². The lowest BCUT2D eigenvalue weighted by Gasteiger charge is -2.10. The lowest BCUT2D eigenvalue weighted by atomic mass is 9.95. The summed E-state index contributed by atoms with van der Waals surface area (Å²) in [5.74, 6) is 0. The van der Waals surface area contributed by atoms with Crippen LogP contribution < -0.4 is 5.14 Å². The first-order valence-electron chi connectivity index (χ1n) is 9.39. The van der Waals surface area contributed by atoms with E-state index in [1.54, 1.807) is 19.1 Å². The van der Waals surface area contributed by atoms with Crippen molar-refractivity contribution < 1.29 is 12.8 Å². The van der Waals surface area contributed by atoms with E-state index in [-0.39, 0.29) is 10.3 Å². The predicted octanol–water partition coefficient (Wildman–Crippen LogP) is 6.09. The van der Waals surface area contributed by atoms with Crippen LogP contribution in [0, 0.1) is 5.41 Å². The van der Waals surface area contributed by atoms with Crippen LogP contribution in [0.1, 0.15) is 46.1 Å². The summed E-state index contributed by atoms with van der Waals surface area (Å²) < 4.78 is 33.3. The molecular formula is C23H30FNO2S. The summed E-state index contributed by atoms with van der Waals surface area (Å²) in [6.45, 7) is 11.7. The molecule has 2 aliphatic rings. The number of sulfonamides is 1. The molecule has 0 aliphatic heterocycles. The summed E-state index contributed by atoms with van der Waals surface area (Å²) in [4.78, 5) is 0.133. The van der Waals surface area contributed by atoms with Gasteiger partial charge >= 0.3 is 0 Å². The number of rotatable bonds is 4. The van der Waals surface area contributed by atoms with E-state index in [2.05, 4.69) is 18.7 Å². The average molecular weight is 404 g/mol. The first-order chi connectivity index (χ1) is 13.3. The fourth-order valence-corrected chi connectivity index (χ4v) is 3.34. The molecule has 1 aromatic rings. The van der Waals surface area contributed by atoms with E-state index in [1.807, 2.05) is 45.1 Å². The van der Waals surface area contributed by atoms with Crippen LogP contribution in [-0.4, -0.2) is 8.42 Å². The van der Waals surface area contributed by atoms with Crippen LogP contribution >= 0.6 is 0 Å². The van der Waals surface area contributed by atoms with Gasteiger partial charge in [0, 0.05) is 5.41 Å². The van der Waals surface area contributed by atoms with Crippen molar-refractivity contribution in [2.75, 3.05) is 0 Å². The fourth-order valence-electron chi connectivity index (χ4n) is 2.82. The highest BCUT2D eigenvalue weighted by molar-refractivity contribution is 7.89. The van der Waals surface area contributed by atoms with Crippen LogP contribution in [0.4, 0.5) is 4.39 Å². The molecule has 1 aromatic carbocycles. The molecule has 5 heteroatoms. The maximum Gasteiger partial charge on any atom is 0.238 e. The van der Waals surface area contributed by atoms with Crippen molar-refractivity contribution in [3.05, 3.63) is 84.3 Å². The minimum absolute atomic E-state index is 0.133. The van der Waals surface area contributed by atoms with Crippen LogP contribution in [0.15, 0.2) is 83.6 Å². The first-order valence-corrected chi connectivity index (χ1v) is 10.9. The van der Waals surface area contributed by atoms with Crippen LogP contribution in [0.3, 0.4) is 0 Å². The number of hydrogen-bond acceptors (Lipinski definition) is 2. The van der Waals surface area contributed by atoms with Crippen molar-refractivity contribution in [3.8, 4) is 0 Å². The first kappa shape index (κ1) is 23.8. The second-order valence-corrected chi connectivity index (χ2v) is 7.96. The molecule has 0 saturated heterocycles. The third-order valence-electron chi connectivity index (χ3n) is 4.31. The Labute approximate surface area is 168 Å². The molecule has 1 saturated carbocycles. The Balaban J connectivity index is 0.000000583. The summed E-state index contributed by atoms with van der Waals surface area (Å²) in [6, 6.07) is 6.73. The number of benzene rings is 1. The molecule has 3 nitrogen and oxygen atoms in total. The van der Waals surface area contributed by atoms with Crippen molar-refractivity contribution in [2.24, 2.45) is 10.6 Å². The fraction of sp³-hybridized carbons (Fsp3) is 0.304. The van der Waals surface area contributed by atoms with Gasteiger partial charge in [-0.3, -0.25) is 0 Å². The van der Waals surface area contributed by atoms with Gasteiger partial charge in [-0.1, -0.05) is 62.9 Å². The molecule has 28 heavy (non-hydrogen) atoms. The van der Waals surface area contributed by atoms with Crippen LogP contribution in [0.25, 0.3) is 5.57 Å². The van der Waals surface area contributed by atoms with Gasteiger partial charge in [0.25, 0.3) is 0 Å². The molecule has 1 fully saturated rings. The molecule has 2 N–H and O–H groups in total. The zero-order valence-electron chi connectivity index (χ0n) is 17.1. The van der Waals surface area contributed by atoms with Crippen LogP contribution in [-0.2, 0) is 10.0 Å². The molecule has 0 atom stereocenters. The van der Waals surface area contributed by atoms with Crippen molar-refractivity contribution in [3.63, 3.8) is 0 Å². The quantitative estimate of drug-likeness (QED) is 0.619. The van der Waals surface area contributed by atoms with E-state index >= 15 is 0 Å². The Hall–Kier alpha value is -2.24. The van der Waals surface area contributed by atoms with Gasteiger partial charge in [0.05, 0.1) is 11.2 Å². The largest absolute Gasteiger partial charge is 0.238 e. The van der Waals surface area contributed by atoms with Gasteiger partial charge in [0.15, 0.2) is 0 Å². The Kier molecular flexibility index (Phi) is 8.79.